The van der Waals surface area contributed by atoms with Gasteiger partial charge in [0.05, 0.1) is 6.61 Å². The minimum Gasteiger partial charge on any atom is -0.413 e. The highest BCUT2D eigenvalue weighted by atomic mass is 35.5. The SMILES string of the molecule is C[Si](C)(C)OCc1c(C(F)F)nc(C(F)(F)F)c(C(O)c2ccc(Cl)cc2)c1-c1ccccc1. The molecule has 1 unspecified atom stereocenters. The van der Waals surface area contributed by atoms with Crippen molar-refractivity contribution in [1.29, 1.82) is 0 Å². The summed E-state index contributed by atoms with van der Waals surface area (Å²) in [7, 11) is -2.26. The molecule has 3 rings (SSSR count). The number of alkyl halides is 5. The first kappa shape index (κ1) is 26.3. The van der Waals surface area contributed by atoms with E-state index in [4.69, 9.17) is 16.0 Å². The van der Waals surface area contributed by atoms with Crippen LogP contribution < -0.4 is 0 Å². The lowest BCUT2D eigenvalue weighted by Gasteiger charge is -2.27. The van der Waals surface area contributed by atoms with Crippen LogP contribution in [0.25, 0.3) is 11.1 Å². The number of aliphatic hydroxyl groups excluding tert-OH is 1. The van der Waals surface area contributed by atoms with Crippen molar-refractivity contribution in [3.63, 3.8) is 0 Å². The molecule has 182 valence electrons. The fourth-order valence-corrected chi connectivity index (χ4v) is 4.20. The summed E-state index contributed by atoms with van der Waals surface area (Å²) in [6.45, 7) is 5.12. The van der Waals surface area contributed by atoms with Gasteiger partial charge in [0.25, 0.3) is 6.43 Å². The molecule has 0 spiro atoms. The zero-order valence-electron chi connectivity index (χ0n) is 18.6. The van der Waals surface area contributed by atoms with Crippen LogP contribution in [-0.4, -0.2) is 18.4 Å². The van der Waals surface area contributed by atoms with Crippen molar-refractivity contribution in [3.05, 3.63) is 87.7 Å². The molecule has 0 saturated carbocycles. The monoisotopic (exact) mass is 515 g/mol. The van der Waals surface area contributed by atoms with Crippen LogP contribution in [0, 0.1) is 0 Å². The Bertz CT molecular complexity index is 1130. The summed E-state index contributed by atoms with van der Waals surface area (Å²) in [5, 5.41) is 11.5. The Hall–Kier alpha value is -2.33. The molecule has 0 saturated heterocycles. The molecule has 3 nitrogen and oxygen atoms in total. The zero-order chi connectivity index (χ0) is 25.3. The molecule has 1 aromatic heterocycles. The molecule has 1 N–H and O–H groups in total. The number of benzene rings is 2. The predicted molar refractivity (Wildman–Crippen MR) is 123 cm³/mol. The van der Waals surface area contributed by atoms with Crippen molar-refractivity contribution in [2.45, 2.75) is 45.0 Å². The van der Waals surface area contributed by atoms with E-state index in [1.54, 1.807) is 18.2 Å². The molecule has 0 aliphatic heterocycles. The van der Waals surface area contributed by atoms with E-state index in [9.17, 15) is 27.1 Å². The molecule has 0 aliphatic carbocycles. The zero-order valence-corrected chi connectivity index (χ0v) is 20.4. The van der Waals surface area contributed by atoms with Gasteiger partial charge in [0, 0.05) is 16.1 Å². The molecular weight excluding hydrogens is 493 g/mol. The van der Waals surface area contributed by atoms with Gasteiger partial charge in [-0.3, -0.25) is 0 Å². The maximum atomic E-state index is 14.2. The van der Waals surface area contributed by atoms with Crippen molar-refractivity contribution in [3.8, 4) is 11.1 Å². The van der Waals surface area contributed by atoms with Crippen LogP contribution in [0.1, 0.15) is 40.6 Å². The second kappa shape index (κ2) is 10.1. The van der Waals surface area contributed by atoms with Crippen molar-refractivity contribution in [2.75, 3.05) is 0 Å². The summed E-state index contributed by atoms with van der Waals surface area (Å²) < 4.78 is 76.5. The van der Waals surface area contributed by atoms with E-state index in [2.05, 4.69) is 4.98 Å². The Kier molecular flexibility index (Phi) is 7.81. The molecule has 0 fully saturated rings. The number of rotatable bonds is 7. The fraction of sp³-hybridized carbons (Fsp3) is 0.292. The van der Waals surface area contributed by atoms with Gasteiger partial charge in [-0.15, -0.1) is 0 Å². The van der Waals surface area contributed by atoms with E-state index >= 15 is 0 Å². The number of pyridine rings is 1. The molecule has 0 radical (unpaired) electrons. The molecule has 0 aliphatic rings. The Balaban J connectivity index is 2.43. The summed E-state index contributed by atoms with van der Waals surface area (Å²) in [6, 6.07) is 13.4. The molecular formula is C24H23ClF5NO2Si. The molecule has 0 bridgehead atoms. The number of hydrogen-bond donors (Lipinski definition) is 1. The molecule has 10 heteroatoms. The third-order valence-electron chi connectivity index (χ3n) is 5.01. The van der Waals surface area contributed by atoms with Crippen LogP contribution in [-0.2, 0) is 17.2 Å². The van der Waals surface area contributed by atoms with Crippen molar-refractivity contribution >= 4 is 19.9 Å². The summed E-state index contributed by atoms with van der Waals surface area (Å²) in [5.41, 5.74) is -3.21. The fourth-order valence-electron chi connectivity index (χ4n) is 3.50. The summed E-state index contributed by atoms with van der Waals surface area (Å²) in [4.78, 5) is 3.37. The molecule has 0 amide bonds. The van der Waals surface area contributed by atoms with Crippen LogP contribution in [0.2, 0.25) is 24.7 Å². The molecule has 2 aromatic carbocycles. The van der Waals surface area contributed by atoms with Gasteiger partial charge in [-0.05, 0) is 48.5 Å². The molecule has 3 aromatic rings. The van der Waals surface area contributed by atoms with Gasteiger partial charge in [0.15, 0.2) is 14.0 Å². The van der Waals surface area contributed by atoms with Crippen LogP contribution in [0.15, 0.2) is 54.6 Å². The average molecular weight is 516 g/mol. The maximum absolute atomic E-state index is 14.2. The predicted octanol–water partition coefficient (Wildman–Crippen LogP) is 7.79. The van der Waals surface area contributed by atoms with E-state index < -0.39 is 44.0 Å². The average Bonchev–Trinajstić information content (AvgIpc) is 2.76. The highest BCUT2D eigenvalue weighted by Crippen LogP contribution is 2.45. The topological polar surface area (TPSA) is 42.4 Å². The highest BCUT2D eigenvalue weighted by molar-refractivity contribution is 6.69. The highest BCUT2D eigenvalue weighted by Gasteiger charge is 2.42. The number of aromatic nitrogens is 1. The van der Waals surface area contributed by atoms with Gasteiger partial charge in [-0.1, -0.05) is 54.1 Å². The molecule has 1 atom stereocenters. The number of hydrogen-bond acceptors (Lipinski definition) is 3. The van der Waals surface area contributed by atoms with Crippen LogP contribution in [0.4, 0.5) is 22.0 Å². The Labute approximate surface area is 200 Å². The van der Waals surface area contributed by atoms with Crippen LogP contribution in [0.3, 0.4) is 0 Å². The third kappa shape index (κ3) is 6.01. The third-order valence-corrected chi connectivity index (χ3v) is 6.28. The van der Waals surface area contributed by atoms with E-state index in [1.807, 2.05) is 19.6 Å². The van der Waals surface area contributed by atoms with Crippen molar-refractivity contribution < 1.29 is 31.5 Å². The van der Waals surface area contributed by atoms with E-state index in [0.29, 0.717) is 5.02 Å². The van der Waals surface area contributed by atoms with E-state index in [0.717, 1.165) is 0 Å². The largest absolute Gasteiger partial charge is 0.433 e. The Morgan fingerprint density at radius 3 is 2.09 bits per heavy atom. The normalized spacial score (nSPS) is 13.4. The van der Waals surface area contributed by atoms with E-state index in [1.165, 1.54) is 36.4 Å². The lowest BCUT2D eigenvalue weighted by Crippen LogP contribution is -2.26. The summed E-state index contributed by atoms with van der Waals surface area (Å²) in [5.74, 6) is 0. The number of halogens is 6. The van der Waals surface area contributed by atoms with Crippen molar-refractivity contribution in [1.82, 2.24) is 4.98 Å². The first-order valence-corrected chi connectivity index (χ1v) is 14.1. The lowest BCUT2D eigenvalue weighted by molar-refractivity contribution is -0.142. The second-order valence-electron chi connectivity index (χ2n) is 8.63. The van der Waals surface area contributed by atoms with Gasteiger partial charge >= 0.3 is 6.18 Å². The second-order valence-corrected chi connectivity index (χ2v) is 13.6. The van der Waals surface area contributed by atoms with Crippen LogP contribution in [0.5, 0.6) is 0 Å². The minimum absolute atomic E-state index is 0.107. The standard InChI is InChI=1S/C24H23ClF5NO2Si/c1-34(2,3)33-13-17-18(14-7-5-4-6-8-14)19(21(32)15-9-11-16(25)12-10-15)22(24(28,29)30)31-20(17)23(26)27/h4-12,21,23,32H,13H2,1-3H3. The number of aliphatic hydroxyl groups is 1. The van der Waals surface area contributed by atoms with Crippen molar-refractivity contribution in [2.24, 2.45) is 0 Å². The Morgan fingerprint density at radius 2 is 1.59 bits per heavy atom. The van der Waals surface area contributed by atoms with Crippen LogP contribution >= 0.6 is 11.6 Å². The first-order valence-electron chi connectivity index (χ1n) is 10.3. The van der Waals surface area contributed by atoms with Gasteiger partial charge < -0.3 is 9.53 Å². The molecule has 1 heterocycles. The van der Waals surface area contributed by atoms with Gasteiger partial charge in [0.1, 0.15) is 11.8 Å². The number of nitrogens with zero attached hydrogens (tertiary/aromatic N) is 1. The summed E-state index contributed by atoms with van der Waals surface area (Å²) >= 11 is 5.89. The molecule has 34 heavy (non-hydrogen) atoms. The first-order chi connectivity index (χ1) is 15.8. The quantitative estimate of drug-likeness (QED) is 0.258. The summed E-state index contributed by atoms with van der Waals surface area (Å²) in [6.07, 6.45) is -10.2. The Morgan fingerprint density at radius 1 is 1.00 bits per heavy atom. The van der Waals surface area contributed by atoms with Gasteiger partial charge in [-0.2, -0.15) is 13.2 Å². The van der Waals surface area contributed by atoms with E-state index in [-0.39, 0.29) is 28.9 Å². The maximum Gasteiger partial charge on any atom is 0.433 e. The lowest BCUT2D eigenvalue weighted by atomic mass is 9.87. The van der Waals surface area contributed by atoms with Gasteiger partial charge in [0.2, 0.25) is 0 Å². The van der Waals surface area contributed by atoms with Gasteiger partial charge in [-0.25, -0.2) is 13.8 Å². The minimum atomic E-state index is -5.10. The smallest absolute Gasteiger partial charge is 0.413 e.